The Hall–Kier alpha value is -7.35. The van der Waals surface area contributed by atoms with Crippen LogP contribution in [-0.2, 0) is 0 Å². The van der Waals surface area contributed by atoms with Crippen LogP contribution >= 0.6 is 0 Å². The standard InChI is InChI=1S/C49H30N4/c50-31-33-30-36(53-42-18-8-4-14-38(42)39-15-5-9-19-43(39)53)26-27-37(33)32-22-24-35(25-23-32)52-45-21-11-7-17-41(45)49-47(52)29-28-46-48(49)40-16-6-10-20-44(40)51(46)34-12-2-1-3-13-34/h1-30H. The predicted octanol–water partition coefficient (Wildman–Crippen LogP) is 12.5. The lowest BCUT2D eigenvalue weighted by Gasteiger charge is -2.13. The Bertz CT molecular complexity index is 3220. The molecule has 0 fully saturated rings. The minimum absolute atomic E-state index is 0.645. The number of fused-ring (bicyclic) bond motifs is 10. The second-order valence-electron chi connectivity index (χ2n) is 13.7. The lowest BCUT2D eigenvalue weighted by Crippen LogP contribution is -1.97. The lowest BCUT2D eigenvalue weighted by atomic mass is 9.99. The van der Waals surface area contributed by atoms with Gasteiger partial charge in [-0.3, -0.25) is 0 Å². The Labute approximate surface area is 305 Å². The van der Waals surface area contributed by atoms with Gasteiger partial charge in [-0.05, 0) is 83.9 Å². The molecule has 246 valence electrons. The van der Waals surface area contributed by atoms with Crippen LogP contribution < -0.4 is 0 Å². The molecule has 0 radical (unpaired) electrons. The summed E-state index contributed by atoms with van der Waals surface area (Å²) in [5, 5.41) is 17.8. The van der Waals surface area contributed by atoms with E-state index in [0.29, 0.717) is 5.56 Å². The maximum Gasteiger partial charge on any atom is 0.0998 e. The van der Waals surface area contributed by atoms with Crippen LogP contribution in [0.1, 0.15) is 5.56 Å². The van der Waals surface area contributed by atoms with Gasteiger partial charge < -0.3 is 13.7 Å². The maximum absolute atomic E-state index is 10.4. The van der Waals surface area contributed by atoms with Crippen molar-refractivity contribution in [3.05, 3.63) is 188 Å². The van der Waals surface area contributed by atoms with Crippen LogP contribution in [0.5, 0.6) is 0 Å². The molecule has 3 heterocycles. The number of nitriles is 1. The molecule has 0 N–H and O–H groups in total. The highest BCUT2D eigenvalue weighted by molar-refractivity contribution is 6.29. The van der Waals surface area contributed by atoms with Crippen molar-refractivity contribution < 1.29 is 0 Å². The zero-order chi connectivity index (χ0) is 35.0. The first-order valence-electron chi connectivity index (χ1n) is 17.9. The Morgan fingerprint density at radius 3 is 1.28 bits per heavy atom. The predicted molar refractivity (Wildman–Crippen MR) is 220 cm³/mol. The van der Waals surface area contributed by atoms with Gasteiger partial charge in [-0.1, -0.05) is 109 Å². The summed E-state index contributed by atoms with van der Waals surface area (Å²) in [6.07, 6.45) is 0. The van der Waals surface area contributed by atoms with Crippen LogP contribution in [0.4, 0.5) is 0 Å². The van der Waals surface area contributed by atoms with Crippen molar-refractivity contribution >= 4 is 65.4 Å². The molecule has 0 unspecified atom stereocenters. The number of hydrogen-bond donors (Lipinski definition) is 0. The van der Waals surface area contributed by atoms with Crippen molar-refractivity contribution in [3.8, 4) is 34.3 Å². The average molecular weight is 675 g/mol. The van der Waals surface area contributed by atoms with E-state index in [9.17, 15) is 5.26 Å². The third kappa shape index (κ3) is 4.22. The second kappa shape index (κ2) is 11.3. The van der Waals surface area contributed by atoms with Crippen LogP contribution in [0.15, 0.2) is 182 Å². The van der Waals surface area contributed by atoms with Crippen molar-refractivity contribution in [3.63, 3.8) is 0 Å². The summed E-state index contributed by atoms with van der Waals surface area (Å²) >= 11 is 0. The van der Waals surface area contributed by atoms with Gasteiger partial charge in [-0.2, -0.15) is 5.26 Å². The number of nitrogens with zero attached hydrogens (tertiary/aromatic N) is 4. The van der Waals surface area contributed by atoms with Gasteiger partial charge in [-0.25, -0.2) is 0 Å². The van der Waals surface area contributed by atoms with Crippen molar-refractivity contribution in [1.29, 1.82) is 5.26 Å². The van der Waals surface area contributed by atoms with Crippen LogP contribution in [0.3, 0.4) is 0 Å². The molecule has 0 bridgehead atoms. The fourth-order valence-corrected chi connectivity index (χ4v) is 8.66. The van der Waals surface area contributed by atoms with Crippen molar-refractivity contribution in [2.45, 2.75) is 0 Å². The highest BCUT2D eigenvalue weighted by atomic mass is 15.0. The van der Waals surface area contributed by atoms with E-state index in [4.69, 9.17) is 0 Å². The van der Waals surface area contributed by atoms with Gasteiger partial charge in [0.05, 0.1) is 44.7 Å². The number of benzene rings is 8. The molecule has 0 saturated carbocycles. The molecule has 0 aliphatic heterocycles. The zero-order valence-electron chi connectivity index (χ0n) is 28.6. The zero-order valence-corrected chi connectivity index (χ0v) is 28.6. The Balaban J connectivity index is 1.07. The van der Waals surface area contributed by atoms with E-state index in [0.717, 1.165) is 50.3 Å². The molecule has 3 aromatic heterocycles. The fourth-order valence-electron chi connectivity index (χ4n) is 8.66. The van der Waals surface area contributed by atoms with Crippen molar-refractivity contribution in [2.75, 3.05) is 0 Å². The van der Waals surface area contributed by atoms with Crippen molar-refractivity contribution in [1.82, 2.24) is 13.7 Å². The van der Waals surface area contributed by atoms with Gasteiger partial charge >= 0.3 is 0 Å². The number of aromatic nitrogens is 3. The van der Waals surface area contributed by atoms with Gasteiger partial charge in [0.25, 0.3) is 0 Å². The SMILES string of the molecule is N#Cc1cc(-n2c3ccccc3c3ccccc32)ccc1-c1ccc(-n2c3ccccc3c3c4c5ccccc5n(-c5ccccc5)c4ccc32)cc1. The molecule has 0 aliphatic rings. The molecule has 0 aliphatic carbocycles. The minimum atomic E-state index is 0.645. The molecule has 4 nitrogen and oxygen atoms in total. The summed E-state index contributed by atoms with van der Waals surface area (Å²) in [4.78, 5) is 0. The highest BCUT2D eigenvalue weighted by Gasteiger charge is 2.20. The summed E-state index contributed by atoms with van der Waals surface area (Å²) < 4.78 is 7.01. The van der Waals surface area contributed by atoms with Gasteiger partial charge in [0.2, 0.25) is 0 Å². The summed E-state index contributed by atoms with van der Waals surface area (Å²) in [6, 6.07) is 66.9. The van der Waals surface area contributed by atoms with E-state index < -0.39 is 0 Å². The largest absolute Gasteiger partial charge is 0.309 e. The first-order chi connectivity index (χ1) is 26.3. The molecule has 53 heavy (non-hydrogen) atoms. The van der Waals surface area contributed by atoms with Gasteiger partial charge in [0, 0.05) is 49.4 Å². The Morgan fingerprint density at radius 1 is 0.340 bits per heavy atom. The lowest BCUT2D eigenvalue weighted by molar-refractivity contribution is 1.17. The molecule has 4 heteroatoms. The van der Waals surface area contributed by atoms with Crippen LogP contribution in [-0.4, -0.2) is 13.7 Å². The van der Waals surface area contributed by atoms with E-state index in [1.807, 2.05) is 6.07 Å². The first kappa shape index (κ1) is 29.4. The normalized spacial score (nSPS) is 11.8. The van der Waals surface area contributed by atoms with Gasteiger partial charge in [0.15, 0.2) is 0 Å². The molecular formula is C49H30N4. The molecule has 8 aromatic carbocycles. The average Bonchev–Trinajstić information content (AvgIpc) is 3.87. The van der Waals surface area contributed by atoms with E-state index in [-0.39, 0.29) is 0 Å². The molecule has 0 saturated heterocycles. The quantitative estimate of drug-likeness (QED) is 0.183. The number of para-hydroxylation sites is 5. The third-order valence-electron chi connectivity index (χ3n) is 10.9. The van der Waals surface area contributed by atoms with Crippen LogP contribution in [0.2, 0.25) is 0 Å². The second-order valence-corrected chi connectivity index (χ2v) is 13.7. The Morgan fingerprint density at radius 2 is 0.755 bits per heavy atom. The summed E-state index contributed by atoms with van der Waals surface area (Å²) in [5.74, 6) is 0. The fraction of sp³-hybridized carbons (Fsp3) is 0. The number of hydrogen-bond acceptors (Lipinski definition) is 1. The van der Waals surface area contributed by atoms with E-state index in [1.54, 1.807) is 0 Å². The van der Waals surface area contributed by atoms with Gasteiger partial charge in [0.1, 0.15) is 0 Å². The number of rotatable bonds is 4. The minimum Gasteiger partial charge on any atom is -0.309 e. The summed E-state index contributed by atoms with van der Waals surface area (Å²) in [6.45, 7) is 0. The van der Waals surface area contributed by atoms with E-state index in [2.05, 4.69) is 196 Å². The molecule has 11 aromatic rings. The highest BCUT2D eigenvalue weighted by Crippen LogP contribution is 2.42. The van der Waals surface area contributed by atoms with Gasteiger partial charge in [-0.15, -0.1) is 0 Å². The molecule has 11 rings (SSSR count). The molecule has 0 atom stereocenters. The first-order valence-corrected chi connectivity index (χ1v) is 17.9. The van der Waals surface area contributed by atoms with E-state index in [1.165, 1.54) is 43.4 Å². The third-order valence-corrected chi connectivity index (χ3v) is 10.9. The smallest absolute Gasteiger partial charge is 0.0998 e. The van der Waals surface area contributed by atoms with Crippen LogP contribution in [0, 0.1) is 11.3 Å². The molecule has 0 amide bonds. The molecule has 0 spiro atoms. The maximum atomic E-state index is 10.4. The molecular weight excluding hydrogens is 645 g/mol. The monoisotopic (exact) mass is 674 g/mol. The topological polar surface area (TPSA) is 38.6 Å². The van der Waals surface area contributed by atoms with E-state index >= 15 is 0 Å². The summed E-state index contributed by atoms with van der Waals surface area (Å²) in [5.41, 5.74) is 12.7. The summed E-state index contributed by atoms with van der Waals surface area (Å²) in [7, 11) is 0. The Kier molecular flexibility index (Phi) is 6.28. The van der Waals surface area contributed by atoms with Crippen molar-refractivity contribution in [2.24, 2.45) is 0 Å². The van der Waals surface area contributed by atoms with Crippen LogP contribution in [0.25, 0.3) is 93.6 Å².